The van der Waals surface area contributed by atoms with E-state index >= 15 is 0 Å². The van der Waals surface area contributed by atoms with E-state index in [0.29, 0.717) is 11.6 Å². The van der Waals surface area contributed by atoms with Gasteiger partial charge >= 0.3 is 0 Å². The van der Waals surface area contributed by atoms with Gasteiger partial charge in [-0.1, -0.05) is 60.1 Å². The lowest BCUT2D eigenvalue weighted by Gasteiger charge is -2.33. The lowest BCUT2D eigenvalue weighted by Crippen LogP contribution is -2.33. The molecular formula is C26H29ClN2O2. The van der Waals surface area contributed by atoms with Crippen molar-refractivity contribution < 1.29 is 9.47 Å². The van der Waals surface area contributed by atoms with Crippen LogP contribution in [0.15, 0.2) is 72.8 Å². The average Bonchev–Trinajstić information content (AvgIpc) is 3.09. The summed E-state index contributed by atoms with van der Waals surface area (Å²) in [5, 5.41) is 4.21. The summed E-state index contributed by atoms with van der Waals surface area (Å²) < 4.78 is 12.1. The number of rotatable bonds is 7. The van der Waals surface area contributed by atoms with Crippen LogP contribution >= 0.6 is 11.6 Å². The number of nitrogens with zero attached hydrogens (tertiary/aromatic N) is 1. The summed E-state index contributed by atoms with van der Waals surface area (Å²) in [7, 11) is 1.71. The third-order valence-electron chi connectivity index (χ3n) is 5.68. The lowest BCUT2D eigenvalue weighted by molar-refractivity contribution is 0.226. The predicted octanol–water partition coefficient (Wildman–Crippen LogP) is 5.31. The first-order valence-electron chi connectivity index (χ1n) is 10.8. The average molecular weight is 437 g/mol. The first kappa shape index (κ1) is 21.7. The van der Waals surface area contributed by atoms with Crippen LogP contribution in [-0.4, -0.2) is 38.2 Å². The van der Waals surface area contributed by atoms with Crippen LogP contribution in [-0.2, 0) is 6.61 Å². The summed E-state index contributed by atoms with van der Waals surface area (Å²) in [6, 6.07) is 24.4. The van der Waals surface area contributed by atoms with Gasteiger partial charge in [0.15, 0.2) is 0 Å². The van der Waals surface area contributed by atoms with Crippen molar-refractivity contribution in [2.75, 3.05) is 33.3 Å². The summed E-state index contributed by atoms with van der Waals surface area (Å²) in [4.78, 5) is 2.50. The molecule has 162 valence electrons. The molecule has 0 aromatic heterocycles. The molecule has 1 unspecified atom stereocenters. The zero-order valence-corrected chi connectivity index (χ0v) is 18.6. The molecule has 1 fully saturated rings. The maximum atomic E-state index is 6.44. The van der Waals surface area contributed by atoms with Crippen molar-refractivity contribution in [3.8, 4) is 11.5 Å². The molecule has 3 aromatic carbocycles. The first-order valence-corrected chi connectivity index (χ1v) is 11.2. The molecule has 0 aliphatic carbocycles. The molecule has 31 heavy (non-hydrogen) atoms. The Labute approximate surface area is 189 Å². The Hall–Kier alpha value is -2.53. The molecule has 5 heteroatoms. The number of ether oxygens (including phenoxy) is 2. The molecule has 1 heterocycles. The molecule has 4 nitrogen and oxygen atoms in total. The van der Waals surface area contributed by atoms with E-state index in [-0.39, 0.29) is 6.04 Å². The molecule has 1 aliphatic rings. The van der Waals surface area contributed by atoms with Crippen LogP contribution in [0.1, 0.15) is 29.2 Å². The van der Waals surface area contributed by atoms with Crippen molar-refractivity contribution in [2.45, 2.75) is 19.1 Å². The third-order valence-corrected chi connectivity index (χ3v) is 5.91. The number of hydrogen-bond acceptors (Lipinski definition) is 4. The maximum Gasteiger partial charge on any atom is 0.124 e. The van der Waals surface area contributed by atoms with E-state index < -0.39 is 0 Å². The van der Waals surface area contributed by atoms with Gasteiger partial charge in [-0.2, -0.15) is 0 Å². The van der Waals surface area contributed by atoms with Crippen molar-refractivity contribution in [3.63, 3.8) is 0 Å². The molecule has 0 bridgehead atoms. The minimum Gasteiger partial charge on any atom is -0.496 e. The summed E-state index contributed by atoms with van der Waals surface area (Å²) >= 11 is 6.44. The molecular weight excluding hydrogens is 408 g/mol. The Morgan fingerprint density at radius 2 is 1.71 bits per heavy atom. The van der Waals surface area contributed by atoms with Crippen LogP contribution in [0.2, 0.25) is 5.02 Å². The molecule has 1 saturated heterocycles. The van der Waals surface area contributed by atoms with Gasteiger partial charge in [0.1, 0.15) is 18.1 Å². The molecule has 4 rings (SSSR count). The fourth-order valence-corrected chi connectivity index (χ4v) is 4.36. The molecule has 1 N–H and O–H groups in total. The van der Waals surface area contributed by atoms with Gasteiger partial charge in [-0.25, -0.2) is 0 Å². The fourth-order valence-electron chi connectivity index (χ4n) is 4.18. The van der Waals surface area contributed by atoms with Crippen LogP contribution in [0.4, 0.5) is 0 Å². The van der Waals surface area contributed by atoms with Gasteiger partial charge in [-0.15, -0.1) is 0 Å². The van der Waals surface area contributed by atoms with Gasteiger partial charge in [-0.3, -0.25) is 4.90 Å². The molecule has 3 aromatic rings. The normalized spacial score (nSPS) is 15.8. The highest BCUT2D eigenvalue weighted by molar-refractivity contribution is 6.30. The smallest absolute Gasteiger partial charge is 0.124 e. The number of methoxy groups -OCH3 is 1. The molecule has 0 spiro atoms. The minimum absolute atomic E-state index is 0.0134. The third kappa shape index (κ3) is 5.40. The SMILES string of the molecule is COc1ccc(Cl)cc1C(c1ccccc1OCc1ccccc1)N1CCCNCC1. The van der Waals surface area contributed by atoms with Gasteiger partial charge in [-0.05, 0) is 42.8 Å². The zero-order valence-electron chi connectivity index (χ0n) is 17.9. The van der Waals surface area contributed by atoms with E-state index in [9.17, 15) is 0 Å². The van der Waals surface area contributed by atoms with E-state index in [1.54, 1.807) is 7.11 Å². The summed E-state index contributed by atoms with van der Waals surface area (Å²) in [5.74, 6) is 1.72. The van der Waals surface area contributed by atoms with Crippen molar-refractivity contribution in [1.29, 1.82) is 0 Å². The van der Waals surface area contributed by atoms with E-state index in [0.717, 1.165) is 60.8 Å². The van der Waals surface area contributed by atoms with Gasteiger partial charge in [0.25, 0.3) is 0 Å². The highest BCUT2D eigenvalue weighted by Crippen LogP contribution is 2.40. The highest BCUT2D eigenvalue weighted by atomic mass is 35.5. The number of halogens is 1. The number of nitrogens with one attached hydrogen (secondary N) is 1. The Kier molecular flexibility index (Phi) is 7.47. The van der Waals surface area contributed by atoms with Crippen LogP contribution in [0.3, 0.4) is 0 Å². The Morgan fingerprint density at radius 1 is 0.903 bits per heavy atom. The fraction of sp³-hybridized carbons (Fsp3) is 0.308. The van der Waals surface area contributed by atoms with Crippen LogP contribution < -0.4 is 14.8 Å². The predicted molar refractivity (Wildman–Crippen MR) is 126 cm³/mol. The minimum atomic E-state index is -0.0134. The molecule has 0 saturated carbocycles. The molecule has 0 radical (unpaired) electrons. The second kappa shape index (κ2) is 10.7. The van der Waals surface area contributed by atoms with Gasteiger partial charge in [0.05, 0.1) is 13.2 Å². The second-order valence-electron chi connectivity index (χ2n) is 7.74. The van der Waals surface area contributed by atoms with E-state index in [1.165, 1.54) is 0 Å². The van der Waals surface area contributed by atoms with Crippen LogP contribution in [0.5, 0.6) is 11.5 Å². The Balaban J connectivity index is 1.74. The van der Waals surface area contributed by atoms with Crippen LogP contribution in [0.25, 0.3) is 0 Å². The summed E-state index contributed by atoms with van der Waals surface area (Å²) in [6.07, 6.45) is 1.09. The molecule has 1 aliphatic heterocycles. The van der Waals surface area contributed by atoms with Crippen molar-refractivity contribution >= 4 is 11.6 Å². The largest absolute Gasteiger partial charge is 0.496 e. The molecule has 0 amide bonds. The topological polar surface area (TPSA) is 33.7 Å². The van der Waals surface area contributed by atoms with Gasteiger partial charge in [0.2, 0.25) is 0 Å². The van der Waals surface area contributed by atoms with E-state index in [2.05, 4.69) is 40.5 Å². The van der Waals surface area contributed by atoms with E-state index in [1.807, 2.05) is 42.5 Å². The van der Waals surface area contributed by atoms with Crippen molar-refractivity contribution in [1.82, 2.24) is 10.2 Å². The highest BCUT2D eigenvalue weighted by Gasteiger charge is 2.28. The monoisotopic (exact) mass is 436 g/mol. The summed E-state index contributed by atoms with van der Waals surface area (Å²) in [5.41, 5.74) is 3.33. The maximum absolute atomic E-state index is 6.44. The van der Waals surface area contributed by atoms with Crippen molar-refractivity contribution in [2.24, 2.45) is 0 Å². The standard InChI is InChI=1S/C26H29ClN2O2/c1-30-24-13-12-21(27)18-23(24)26(29-16-7-14-28-15-17-29)22-10-5-6-11-25(22)31-19-20-8-3-2-4-9-20/h2-6,8-13,18,26,28H,7,14-17,19H2,1H3. The second-order valence-corrected chi connectivity index (χ2v) is 8.18. The van der Waals surface area contributed by atoms with Gasteiger partial charge in [0, 0.05) is 35.8 Å². The van der Waals surface area contributed by atoms with E-state index in [4.69, 9.17) is 21.1 Å². The first-order chi connectivity index (χ1) is 15.3. The number of para-hydroxylation sites is 1. The number of hydrogen-bond donors (Lipinski definition) is 1. The quantitative estimate of drug-likeness (QED) is 0.544. The van der Waals surface area contributed by atoms with Gasteiger partial charge < -0.3 is 14.8 Å². The summed E-state index contributed by atoms with van der Waals surface area (Å²) in [6.45, 7) is 4.43. The Bertz CT molecular complexity index is 972. The zero-order chi connectivity index (χ0) is 21.5. The number of benzene rings is 3. The van der Waals surface area contributed by atoms with Crippen LogP contribution in [0, 0.1) is 0 Å². The Morgan fingerprint density at radius 3 is 2.55 bits per heavy atom. The molecule has 1 atom stereocenters. The van der Waals surface area contributed by atoms with Crippen molar-refractivity contribution in [3.05, 3.63) is 94.5 Å². The lowest BCUT2D eigenvalue weighted by atomic mass is 9.95.